The molecule has 172 valence electrons. The van der Waals surface area contributed by atoms with Crippen LogP contribution < -0.4 is 10.2 Å². The number of aryl methyl sites for hydroxylation is 3. The maximum Gasteiger partial charge on any atom is 0.174 e. The van der Waals surface area contributed by atoms with Crippen LogP contribution in [0.5, 0.6) is 5.75 Å². The third-order valence-corrected chi connectivity index (χ3v) is 6.79. The van der Waals surface area contributed by atoms with E-state index in [9.17, 15) is 5.11 Å². The normalized spacial score (nSPS) is 17.8. The van der Waals surface area contributed by atoms with Crippen LogP contribution >= 0.6 is 12.2 Å². The van der Waals surface area contributed by atoms with Gasteiger partial charge in [-0.1, -0.05) is 12.1 Å². The summed E-state index contributed by atoms with van der Waals surface area (Å²) >= 11 is 5.91. The van der Waals surface area contributed by atoms with Gasteiger partial charge < -0.3 is 19.9 Å². The first kappa shape index (κ1) is 22.2. The molecule has 0 radical (unpaired) electrons. The number of benzene rings is 2. The van der Waals surface area contributed by atoms with Crippen molar-refractivity contribution in [3.63, 3.8) is 0 Å². The van der Waals surface area contributed by atoms with Gasteiger partial charge in [-0.25, -0.2) is 0 Å². The minimum atomic E-state index is -0.0942. The molecule has 2 aromatic carbocycles. The molecule has 6 heteroatoms. The zero-order valence-corrected chi connectivity index (χ0v) is 20.6. The molecule has 0 aliphatic carbocycles. The molecule has 2 aromatic heterocycles. The Balaban J connectivity index is 1.69. The van der Waals surface area contributed by atoms with E-state index in [1.165, 1.54) is 16.7 Å². The van der Waals surface area contributed by atoms with Crippen LogP contribution in [-0.4, -0.2) is 19.8 Å². The van der Waals surface area contributed by atoms with E-state index < -0.39 is 0 Å². The first-order valence-electron chi connectivity index (χ1n) is 11.4. The van der Waals surface area contributed by atoms with Crippen molar-refractivity contribution in [2.45, 2.75) is 39.8 Å². The topological polar surface area (TPSA) is 53.3 Å². The average molecular weight is 469 g/mol. The molecule has 1 aliphatic rings. The van der Waals surface area contributed by atoms with Crippen molar-refractivity contribution in [3.8, 4) is 11.4 Å². The SMILES string of the molecule is Cc1cc(C)cc(N2C(=S)N[C@H](c3ccccn3)[C@@H]2c2cc(C)n(-c3ccc(O)cc3)c2C)c1. The number of aromatic nitrogens is 2. The van der Waals surface area contributed by atoms with Crippen LogP contribution in [0.1, 0.15) is 45.9 Å². The second kappa shape index (κ2) is 8.61. The van der Waals surface area contributed by atoms with Gasteiger partial charge in [-0.2, -0.15) is 0 Å². The zero-order chi connectivity index (χ0) is 24.0. The Morgan fingerprint density at radius 2 is 1.59 bits per heavy atom. The summed E-state index contributed by atoms with van der Waals surface area (Å²) in [5.41, 5.74) is 8.89. The predicted molar refractivity (Wildman–Crippen MR) is 141 cm³/mol. The molecule has 3 heterocycles. The number of aromatic hydroxyl groups is 1. The van der Waals surface area contributed by atoms with Crippen LogP contribution in [0.4, 0.5) is 5.69 Å². The van der Waals surface area contributed by atoms with Crippen LogP contribution in [0, 0.1) is 27.7 Å². The molecule has 34 heavy (non-hydrogen) atoms. The molecule has 0 saturated carbocycles. The van der Waals surface area contributed by atoms with Gasteiger partial charge in [0.1, 0.15) is 5.75 Å². The molecule has 2 N–H and O–H groups in total. The first-order chi connectivity index (χ1) is 16.3. The maximum atomic E-state index is 9.77. The summed E-state index contributed by atoms with van der Waals surface area (Å²) in [6.45, 7) is 8.49. The Kier molecular flexibility index (Phi) is 5.62. The lowest BCUT2D eigenvalue weighted by Crippen LogP contribution is -2.29. The molecule has 0 spiro atoms. The Hall–Kier alpha value is -3.64. The second-order valence-electron chi connectivity index (χ2n) is 9.02. The monoisotopic (exact) mass is 468 g/mol. The van der Waals surface area contributed by atoms with E-state index in [0.717, 1.165) is 28.5 Å². The number of rotatable bonds is 4. The Labute approximate surface area is 205 Å². The molecule has 0 unspecified atom stereocenters. The molecule has 0 bridgehead atoms. The number of hydrogen-bond donors (Lipinski definition) is 2. The summed E-state index contributed by atoms with van der Waals surface area (Å²) in [7, 11) is 0. The third kappa shape index (κ3) is 3.84. The Morgan fingerprint density at radius 3 is 2.24 bits per heavy atom. The molecular weight excluding hydrogens is 440 g/mol. The number of anilines is 1. The molecule has 0 amide bonds. The fraction of sp³-hybridized carbons (Fsp3) is 0.214. The number of thiocarbonyl (C=S) groups is 1. The van der Waals surface area contributed by atoms with Gasteiger partial charge in [-0.3, -0.25) is 4.98 Å². The maximum absolute atomic E-state index is 9.77. The Morgan fingerprint density at radius 1 is 0.882 bits per heavy atom. The highest BCUT2D eigenvalue weighted by Crippen LogP contribution is 2.44. The van der Waals surface area contributed by atoms with Crippen LogP contribution in [-0.2, 0) is 0 Å². The quantitative estimate of drug-likeness (QED) is 0.361. The van der Waals surface area contributed by atoms with Crippen LogP contribution in [0.15, 0.2) is 72.9 Å². The van der Waals surface area contributed by atoms with Crippen LogP contribution in [0.3, 0.4) is 0 Å². The number of phenols is 1. The molecule has 1 aliphatic heterocycles. The number of hydrogen-bond acceptors (Lipinski definition) is 3. The van der Waals surface area contributed by atoms with Crippen molar-refractivity contribution in [1.82, 2.24) is 14.9 Å². The highest BCUT2D eigenvalue weighted by molar-refractivity contribution is 7.80. The molecule has 1 saturated heterocycles. The lowest BCUT2D eigenvalue weighted by atomic mass is 9.96. The summed E-state index contributed by atoms with van der Waals surface area (Å²) in [4.78, 5) is 6.91. The van der Waals surface area contributed by atoms with Crippen molar-refractivity contribution in [2.75, 3.05) is 4.90 Å². The minimum absolute atomic E-state index is 0.0688. The number of phenolic OH excluding ortho intramolecular Hbond substituents is 1. The highest BCUT2D eigenvalue weighted by atomic mass is 32.1. The molecule has 5 nitrogen and oxygen atoms in total. The first-order valence-corrected chi connectivity index (χ1v) is 11.8. The van der Waals surface area contributed by atoms with E-state index in [4.69, 9.17) is 12.2 Å². The number of nitrogens with zero attached hydrogens (tertiary/aromatic N) is 3. The van der Waals surface area contributed by atoms with Crippen molar-refractivity contribution in [2.24, 2.45) is 0 Å². The van der Waals surface area contributed by atoms with Crippen molar-refractivity contribution in [1.29, 1.82) is 0 Å². The van der Waals surface area contributed by atoms with E-state index >= 15 is 0 Å². The van der Waals surface area contributed by atoms with E-state index in [1.807, 2.05) is 30.5 Å². The fourth-order valence-electron chi connectivity index (χ4n) is 5.12. The lowest BCUT2D eigenvalue weighted by molar-refractivity contribution is 0.475. The van der Waals surface area contributed by atoms with Crippen LogP contribution in [0.2, 0.25) is 0 Å². The summed E-state index contributed by atoms with van der Waals surface area (Å²) in [6.07, 6.45) is 1.83. The van der Waals surface area contributed by atoms with E-state index in [1.54, 1.807) is 12.1 Å². The van der Waals surface area contributed by atoms with Gasteiger partial charge in [0.2, 0.25) is 0 Å². The number of pyridine rings is 1. The van der Waals surface area contributed by atoms with Gasteiger partial charge in [0.25, 0.3) is 0 Å². The van der Waals surface area contributed by atoms with Gasteiger partial charge in [-0.05, 0) is 111 Å². The second-order valence-corrected chi connectivity index (χ2v) is 9.41. The lowest BCUT2D eigenvalue weighted by Gasteiger charge is -2.29. The minimum Gasteiger partial charge on any atom is -0.508 e. The van der Waals surface area contributed by atoms with Crippen molar-refractivity contribution < 1.29 is 5.11 Å². The van der Waals surface area contributed by atoms with Crippen molar-refractivity contribution in [3.05, 3.63) is 107 Å². The van der Waals surface area contributed by atoms with E-state index in [2.05, 4.69) is 77.8 Å². The van der Waals surface area contributed by atoms with Gasteiger partial charge in [-0.15, -0.1) is 0 Å². The third-order valence-electron chi connectivity index (χ3n) is 6.48. The smallest absolute Gasteiger partial charge is 0.174 e. The summed E-state index contributed by atoms with van der Waals surface area (Å²) in [6, 6.07) is 22.0. The van der Waals surface area contributed by atoms with Crippen molar-refractivity contribution >= 4 is 23.0 Å². The highest BCUT2D eigenvalue weighted by Gasteiger charge is 2.42. The van der Waals surface area contributed by atoms with E-state index in [0.29, 0.717) is 5.11 Å². The number of nitrogens with one attached hydrogen (secondary N) is 1. The summed E-state index contributed by atoms with van der Waals surface area (Å²) in [5, 5.41) is 14.0. The standard InChI is InChI=1S/C28H28N4OS/c1-17-13-18(2)15-22(14-17)32-27(26(30-28(32)34)25-7-5-6-12-29-25)24-16-19(3)31(20(24)4)21-8-10-23(33)11-9-21/h5-16,26-27,33H,1-4H3,(H,30,34)/t26-,27+/m1/s1. The van der Waals surface area contributed by atoms with Gasteiger partial charge >= 0.3 is 0 Å². The molecular formula is C28H28N4OS. The van der Waals surface area contributed by atoms with Gasteiger partial charge in [0, 0.05) is 29.0 Å². The molecule has 5 rings (SSSR count). The summed E-state index contributed by atoms with van der Waals surface area (Å²) < 4.78 is 2.23. The predicted octanol–water partition coefficient (Wildman–Crippen LogP) is 5.99. The molecule has 2 atom stereocenters. The van der Waals surface area contributed by atoms with Gasteiger partial charge in [0.05, 0.1) is 17.8 Å². The summed E-state index contributed by atoms with van der Waals surface area (Å²) in [5.74, 6) is 0.257. The largest absolute Gasteiger partial charge is 0.508 e. The molecule has 4 aromatic rings. The van der Waals surface area contributed by atoms with Crippen LogP contribution in [0.25, 0.3) is 5.69 Å². The molecule has 1 fully saturated rings. The zero-order valence-electron chi connectivity index (χ0n) is 19.8. The fourth-order valence-corrected chi connectivity index (χ4v) is 5.47. The van der Waals surface area contributed by atoms with E-state index in [-0.39, 0.29) is 17.8 Å². The Bertz CT molecular complexity index is 1340. The van der Waals surface area contributed by atoms with Gasteiger partial charge in [0.15, 0.2) is 5.11 Å². The average Bonchev–Trinajstić information content (AvgIpc) is 3.30.